The summed E-state index contributed by atoms with van der Waals surface area (Å²) in [6.45, 7) is 11.7. The second kappa shape index (κ2) is 4.96. The molecular weight excluding hydrogens is 224 g/mol. The topological polar surface area (TPSA) is 46.5 Å². The SMILES string of the molecule is COC(C)(C)CC(C)(SC(C)(C)C)C(=O)O. The monoisotopic (exact) mass is 248 g/mol. The molecule has 0 aromatic carbocycles. The first-order valence-electron chi connectivity index (χ1n) is 5.41. The standard InChI is InChI=1S/C12H24O3S/c1-10(2,3)16-12(6,9(13)14)8-11(4,5)15-7/h8H2,1-7H3,(H,13,14). The molecule has 0 aromatic heterocycles. The van der Waals surface area contributed by atoms with Gasteiger partial charge in [0.15, 0.2) is 0 Å². The maximum absolute atomic E-state index is 11.4. The summed E-state index contributed by atoms with van der Waals surface area (Å²) >= 11 is 1.47. The normalized spacial score (nSPS) is 16.9. The molecular formula is C12H24O3S. The van der Waals surface area contributed by atoms with Crippen LogP contribution in [0.25, 0.3) is 0 Å². The highest BCUT2D eigenvalue weighted by Crippen LogP contribution is 2.42. The number of hydrogen-bond donors (Lipinski definition) is 1. The van der Waals surface area contributed by atoms with Crippen LogP contribution < -0.4 is 0 Å². The van der Waals surface area contributed by atoms with E-state index in [1.807, 2.05) is 34.6 Å². The maximum Gasteiger partial charge on any atom is 0.319 e. The van der Waals surface area contributed by atoms with Crippen molar-refractivity contribution in [3.05, 3.63) is 0 Å². The lowest BCUT2D eigenvalue weighted by atomic mass is 9.94. The highest BCUT2D eigenvalue weighted by molar-refractivity contribution is 8.02. The number of aliphatic carboxylic acids is 1. The van der Waals surface area contributed by atoms with E-state index in [4.69, 9.17) is 4.74 Å². The Hall–Kier alpha value is -0.220. The smallest absolute Gasteiger partial charge is 0.319 e. The van der Waals surface area contributed by atoms with E-state index in [1.54, 1.807) is 14.0 Å². The average molecular weight is 248 g/mol. The van der Waals surface area contributed by atoms with Gasteiger partial charge in [0.1, 0.15) is 4.75 Å². The van der Waals surface area contributed by atoms with Crippen LogP contribution in [0.1, 0.15) is 48.0 Å². The second-order valence-electron chi connectivity index (χ2n) is 5.89. The van der Waals surface area contributed by atoms with Gasteiger partial charge in [-0.05, 0) is 20.8 Å². The van der Waals surface area contributed by atoms with Gasteiger partial charge in [-0.3, -0.25) is 4.79 Å². The fraction of sp³-hybridized carbons (Fsp3) is 0.917. The van der Waals surface area contributed by atoms with Crippen molar-refractivity contribution < 1.29 is 14.6 Å². The third-order valence-corrected chi connectivity index (χ3v) is 3.68. The first kappa shape index (κ1) is 15.8. The van der Waals surface area contributed by atoms with Gasteiger partial charge in [0.2, 0.25) is 0 Å². The molecule has 3 nitrogen and oxygen atoms in total. The Bertz CT molecular complexity index is 255. The Morgan fingerprint density at radius 3 is 1.88 bits per heavy atom. The summed E-state index contributed by atoms with van der Waals surface area (Å²) in [7, 11) is 1.62. The number of ether oxygens (including phenoxy) is 1. The summed E-state index contributed by atoms with van der Waals surface area (Å²) in [6, 6.07) is 0. The highest BCUT2D eigenvalue weighted by atomic mass is 32.2. The van der Waals surface area contributed by atoms with Crippen molar-refractivity contribution >= 4 is 17.7 Å². The number of carbonyl (C=O) groups is 1. The largest absolute Gasteiger partial charge is 0.480 e. The second-order valence-corrected chi connectivity index (χ2v) is 8.22. The summed E-state index contributed by atoms with van der Waals surface area (Å²) in [4.78, 5) is 11.4. The Morgan fingerprint density at radius 2 is 1.62 bits per heavy atom. The average Bonchev–Trinajstić information content (AvgIpc) is 1.99. The van der Waals surface area contributed by atoms with Crippen molar-refractivity contribution in [1.82, 2.24) is 0 Å². The summed E-state index contributed by atoms with van der Waals surface area (Å²) < 4.78 is 4.41. The lowest BCUT2D eigenvalue weighted by Crippen LogP contribution is -2.42. The number of carboxylic acids is 1. The van der Waals surface area contributed by atoms with E-state index in [-0.39, 0.29) is 4.75 Å². The minimum absolute atomic E-state index is 0.0863. The summed E-state index contributed by atoms with van der Waals surface area (Å²) in [5.41, 5.74) is -0.425. The number of rotatable bonds is 5. The van der Waals surface area contributed by atoms with E-state index in [1.165, 1.54) is 11.8 Å². The number of hydrogen-bond acceptors (Lipinski definition) is 3. The Morgan fingerprint density at radius 1 is 1.19 bits per heavy atom. The van der Waals surface area contributed by atoms with Crippen molar-refractivity contribution in [1.29, 1.82) is 0 Å². The fourth-order valence-corrected chi connectivity index (χ4v) is 3.57. The molecule has 0 aromatic rings. The minimum Gasteiger partial charge on any atom is -0.480 e. The number of carboxylic acid groups (broad SMARTS) is 1. The number of methoxy groups -OCH3 is 1. The van der Waals surface area contributed by atoms with E-state index in [9.17, 15) is 9.90 Å². The molecule has 1 unspecified atom stereocenters. The molecule has 0 saturated heterocycles. The van der Waals surface area contributed by atoms with Gasteiger partial charge in [-0.2, -0.15) is 0 Å². The van der Waals surface area contributed by atoms with Crippen LogP contribution in [-0.2, 0) is 9.53 Å². The summed E-state index contributed by atoms with van der Waals surface area (Å²) in [6.07, 6.45) is 0.480. The van der Waals surface area contributed by atoms with Gasteiger partial charge in [-0.25, -0.2) is 0 Å². The summed E-state index contributed by atoms with van der Waals surface area (Å²) in [5, 5.41) is 9.38. The van der Waals surface area contributed by atoms with Gasteiger partial charge in [0.05, 0.1) is 5.60 Å². The van der Waals surface area contributed by atoms with Crippen LogP contribution in [-0.4, -0.2) is 33.3 Å². The molecule has 0 spiro atoms. The Balaban J connectivity index is 4.92. The molecule has 0 saturated carbocycles. The Kier molecular flexibility index (Phi) is 4.89. The molecule has 1 atom stereocenters. The molecule has 0 aliphatic carbocycles. The zero-order valence-corrected chi connectivity index (χ0v) is 12.2. The molecule has 96 valence electrons. The van der Waals surface area contributed by atoms with Crippen molar-refractivity contribution in [2.24, 2.45) is 0 Å². The van der Waals surface area contributed by atoms with Crippen LogP contribution in [0.3, 0.4) is 0 Å². The van der Waals surface area contributed by atoms with Gasteiger partial charge in [-0.1, -0.05) is 20.8 Å². The van der Waals surface area contributed by atoms with Crippen LogP contribution in [0.5, 0.6) is 0 Å². The van der Waals surface area contributed by atoms with Crippen molar-refractivity contribution in [2.75, 3.05) is 7.11 Å². The van der Waals surface area contributed by atoms with Crippen LogP contribution in [0.15, 0.2) is 0 Å². The third-order valence-electron chi connectivity index (χ3n) is 2.30. The van der Waals surface area contributed by atoms with Crippen LogP contribution in [0.4, 0.5) is 0 Å². The van der Waals surface area contributed by atoms with Crippen molar-refractivity contribution in [3.63, 3.8) is 0 Å². The fourth-order valence-electron chi connectivity index (χ4n) is 1.72. The molecule has 1 N–H and O–H groups in total. The van der Waals surface area contributed by atoms with E-state index in [0.717, 1.165) is 0 Å². The molecule has 4 heteroatoms. The van der Waals surface area contributed by atoms with Gasteiger partial charge < -0.3 is 9.84 Å². The molecule has 0 amide bonds. The molecule has 16 heavy (non-hydrogen) atoms. The molecule has 0 aliphatic rings. The third kappa shape index (κ3) is 5.21. The summed E-state index contributed by atoms with van der Waals surface area (Å²) in [5.74, 6) is -0.780. The van der Waals surface area contributed by atoms with Crippen molar-refractivity contribution in [3.8, 4) is 0 Å². The first-order chi connectivity index (χ1) is 6.92. The number of thioether (sulfide) groups is 1. The predicted octanol–water partition coefficient (Wildman–Crippen LogP) is 3.18. The maximum atomic E-state index is 11.4. The first-order valence-corrected chi connectivity index (χ1v) is 6.22. The van der Waals surface area contributed by atoms with E-state index < -0.39 is 16.3 Å². The lowest BCUT2D eigenvalue weighted by molar-refractivity contribution is -0.141. The van der Waals surface area contributed by atoms with Gasteiger partial charge in [0, 0.05) is 18.3 Å². The molecule has 0 rings (SSSR count). The lowest BCUT2D eigenvalue weighted by Gasteiger charge is -2.37. The molecule has 0 fully saturated rings. The van der Waals surface area contributed by atoms with Gasteiger partial charge >= 0.3 is 5.97 Å². The molecule has 0 radical (unpaired) electrons. The molecule has 0 bridgehead atoms. The predicted molar refractivity (Wildman–Crippen MR) is 69.1 cm³/mol. The van der Waals surface area contributed by atoms with Gasteiger partial charge in [0.25, 0.3) is 0 Å². The molecule has 0 heterocycles. The van der Waals surface area contributed by atoms with E-state index >= 15 is 0 Å². The van der Waals surface area contributed by atoms with E-state index in [2.05, 4.69) is 0 Å². The van der Waals surface area contributed by atoms with Crippen molar-refractivity contribution in [2.45, 2.75) is 63.1 Å². The minimum atomic E-state index is -0.822. The molecule has 0 aliphatic heterocycles. The highest BCUT2D eigenvalue weighted by Gasteiger charge is 2.42. The Labute approximate surface area is 103 Å². The van der Waals surface area contributed by atoms with E-state index in [0.29, 0.717) is 6.42 Å². The van der Waals surface area contributed by atoms with Crippen LogP contribution >= 0.6 is 11.8 Å². The zero-order chi connectivity index (χ0) is 13.2. The van der Waals surface area contributed by atoms with Crippen LogP contribution in [0.2, 0.25) is 0 Å². The van der Waals surface area contributed by atoms with Crippen LogP contribution in [0, 0.1) is 0 Å². The van der Waals surface area contributed by atoms with Gasteiger partial charge in [-0.15, -0.1) is 11.8 Å². The quantitative estimate of drug-likeness (QED) is 0.811. The zero-order valence-electron chi connectivity index (χ0n) is 11.4.